The first-order valence-corrected chi connectivity index (χ1v) is 19.8. The van der Waals surface area contributed by atoms with Crippen LogP contribution in [0, 0.1) is 11.8 Å². The number of nitrogen functional groups attached to an aromatic ring is 1. The molecular weight excluding hydrogens is 681 g/mol. The third-order valence-corrected chi connectivity index (χ3v) is 10.9. The molecule has 12 nitrogen and oxygen atoms in total. The van der Waals surface area contributed by atoms with Crippen LogP contribution in [0.2, 0.25) is 0 Å². The molecule has 52 heavy (non-hydrogen) atoms. The smallest absolute Gasteiger partial charge is 0.328 e. The molecule has 3 amide bonds. The highest BCUT2D eigenvalue weighted by molar-refractivity contribution is 7.09. The monoisotopic (exact) mass is 742 g/mol. The van der Waals surface area contributed by atoms with E-state index in [2.05, 4.69) is 36.3 Å². The van der Waals surface area contributed by atoms with Gasteiger partial charge in [-0.3, -0.25) is 19.3 Å². The standard InChI is InChI=1S/C39H62N6O6S/c1-9-19-45(38(48)34(26(6)11-3)43-36(47)31-14-12-13-20-44(31)7)32(25(4)5)23-33(51-21-10-2)37-42-30(24-52-37)35(46)41-29(39(49)50-8)22-27-15-17-28(40)18-16-27/h15-18,24-26,29,31-34H,9-14,19-23,40H2,1-8H3,(H,41,46)(H,43,47). The van der Waals surface area contributed by atoms with E-state index < -0.39 is 30.1 Å². The number of aromatic nitrogens is 1. The number of amides is 3. The Morgan fingerprint density at radius 2 is 1.77 bits per heavy atom. The number of likely N-dealkylation sites (tertiary alicyclic amines) is 1. The predicted octanol–water partition coefficient (Wildman–Crippen LogP) is 5.38. The number of rotatable bonds is 20. The third-order valence-electron chi connectivity index (χ3n) is 9.99. The van der Waals surface area contributed by atoms with Gasteiger partial charge in [-0.15, -0.1) is 11.3 Å². The second-order valence-corrected chi connectivity index (χ2v) is 15.3. The first-order chi connectivity index (χ1) is 24.8. The van der Waals surface area contributed by atoms with Crippen molar-refractivity contribution in [2.75, 3.05) is 39.6 Å². The molecule has 290 valence electrons. The van der Waals surface area contributed by atoms with Crippen molar-refractivity contribution in [1.29, 1.82) is 0 Å². The van der Waals surface area contributed by atoms with Crippen molar-refractivity contribution in [1.82, 2.24) is 25.4 Å². The molecule has 0 saturated carbocycles. The van der Waals surface area contributed by atoms with Gasteiger partial charge < -0.3 is 30.7 Å². The van der Waals surface area contributed by atoms with Crippen LogP contribution in [0.1, 0.15) is 114 Å². The van der Waals surface area contributed by atoms with Gasteiger partial charge >= 0.3 is 5.97 Å². The van der Waals surface area contributed by atoms with Crippen LogP contribution in [0.3, 0.4) is 0 Å². The summed E-state index contributed by atoms with van der Waals surface area (Å²) in [5.41, 5.74) is 7.41. The Hall–Kier alpha value is -3.55. The molecule has 4 N–H and O–H groups in total. The van der Waals surface area contributed by atoms with Gasteiger partial charge in [0.25, 0.3) is 5.91 Å². The largest absolute Gasteiger partial charge is 0.467 e. The van der Waals surface area contributed by atoms with Gasteiger partial charge in [0.15, 0.2) is 0 Å². The number of thiazole rings is 1. The lowest BCUT2D eigenvalue weighted by Gasteiger charge is -2.40. The predicted molar refractivity (Wildman–Crippen MR) is 206 cm³/mol. The van der Waals surface area contributed by atoms with Crippen molar-refractivity contribution in [2.45, 2.75) is 123 Å². The highest BCUT2D eigenvalue weighted by atomic mass is 32.1. The van der Waals surface area contributed by atoms with Gasteiger partial charge in [0, 0.05) is 43.1 Å². The van der Waals surface area contributed by atoms with Crippen molar-refractivity contribution in [3.8, 4) is 0 Å². The van der Waals surface area contributed by atoms with Gasteiger partial charge in [-0.25, -0.2) is 9.78 Å². The molecule has 2 aromatic rings. The van der Waals surface area contributed by atoms with E-state index >= 15 is 0 Å². The van der Waals surface area contributed by atoms with Crippen molar-refractivity contribution < 1.29 is 28.7 Å². The maximum atomic E-state index is 14.6. The Labute approximate surface area is 314 Å². The number of carbonyl (C=O) groups is 4. The van der Waals surface area contributed by atoms with E-state index in [-0.39, 0.29) is 47.8 Å². The molecule has 6 atom stereocenters. The van der Waals surface area contributed by atoms with E-state index in [4.69, 9.17) is 20.2 Å². The Morgan fingerprint density at radius 3 is 2.37 bits per heavy atom. The molecule has 13 heteroatoms. The number of esters is 1. The summed E-state index contributed by atoms with van der Waals surface area (Å²) in [5.74, 6) is -1.22. The SMILES string of the molecule is CCCOC(CC(C(C)C)N(CCC)C(=O)C(NC(=O)C1CCCCN1C)C(C)CC)c1nc(C(=O)NC(Cc2ccc(N)cc2)C(=O)OC)cs1. The van der Waals surface area contributed by atoms with Crippen molar-refractivity contribution in [2.24, 2.45) is 11.8 Å². The van der Waals surface area contributed by atoms with E-state index in [1.165, 1.54) is 18.4 Å². The van der Waals surface area contributed by atoms with E-state index in [1.54, 1.807) is 29.6 Å². The van der Waals surface area contributed by atoms with E-state index in [0.29, 0.717) is 30.3 Å². The summed E-state index contributed by atoms with van der Waals surface area (Å²) >= 11 is 1.32. The Morgan fingerprint density at radius 1 is 1.06 bits per heavy atom. The summed E-state index contributed by atoms with van der Waals surface area (Å²) in [6.45, 7) is 14.2. The van der Waals surface area contributed by atoms with Gasteiger partial charge in [0.05, 0.1) is 13.2 Å². The summed E-state index contributed by atoms with van der Waals surface area (Å²) in [4.78, 5) is 63.0. The minimum absolute atomic E-state index is 0.0569. The average Bonchev–Trinajstić information content (AvgIpc) is 3.63. The minimum atomic E-state index is -0.921. The summed E-state index contributed by atoms with van der Waals surface area (Å²) in [6.07, 6.45) is 5.33. The number of likely N-dealkylation sites (N-methyl/N-ethyl adjacent to an activating group) is 1. The maximum Gasteiger partial charge on any atom is 0.328 e. The number of anilines is 1. The van der Waals surface area contributed by atoms with Gasteiger partial charge in [0.2, 0.25) is 11.8 Å². The van der Waals surface area contributed by atoms with Crippen LogP contribution in [0.25, 0.3) is 0 Å². The number of carbonyl (C=O) groups excluding carboxylic acids is 4. The Bertz CT molecular complexity index is 1430. The number of hydrogen-bond acceptors (Lipinski definition) is 10. The lowest BCUT2D eigenvalue weighted by molar-refractivity contribution is -0.143. The molecule has 6 unspecified atom stereocenters. The number of nitrogens with zero attached hydrogens (tertiary/aromatic N) is 3. The lowest BCUT2D eigenvalue weighted by atomic mass is 9.92. The quantitative estimate of drug-likeness (QED) is 0.120. The second kappa shape index (κ2) is 21.2. The Kier molecular flexibility index (Phi) is 17.5. The van der Waals surface area contributed by atoms with Crippen molar-refractivity contribution in [3.63, 3.8) is 0 Å². The summed E-state index contributed by atoms with van der Waals surface area (Å²) in [5, 5.41) is 8.26. The second-order valence-electron chi connectivity index (χ2n) is 14.4. The van der Waals surface area contributed by atoms with Crippen LogP contribution >= 0.6 is 11.3 Å². The van der Waals surface area contributed by atoms with Gasteiger partial charge in [0.1, 0.15) is 28.9 Å². The number of hydrogen-bond donors (Lipinski definition) is 3. The van der Waals surface area contributed by atoms with E-state index in [9.17, 15) is 19.2 Å². The molecule has 3 rings (SSSR count). The highest BCUT2D eigenvalue weighted by Gasteiger charge is 2.38. The molecule has 1 fully saturated rings. The third kappa shape index (κ3) is 12.0. The summed E-state index contributed by atoms with van der Waals surface area (Å²) in [7, 11) is 3.26. The van der Waals surface area contributed by atoms with Gasteiger partial charge in [-0.05, 0) is 68.8 Å². The fourth-order valence-electron chi connectivity index (χ4n) is 6.67. The molecule has 1 saturated heterocycles. The number of ether oxygens (including phenoxy) is 2. The molecule has 1 aromatic heterocycles. The van der Waals surface area contributed by atoms with E-state index in [0.717, 1.165) is 50.6 Å². The number of nitrogens with one attached hydrogen (secondary N) is 2. The molecule has 2 heterocycles. The molecule has 0 aliphatic carbocycles. The van der Waals surface area contributed by atoms with Crippen molar-refractivity contribution >= 4 is 40.7 Å². The lowest BCUT2D eigenvalue weighted by Crippen LogP contribution is -2.58. The fraction of sp³-hybridized carbons (Fsp3) is 0.667. The number of piperidine rings is 1. The molecule has 0 radical (unpaired) electrons. The number of methoxy groups -OCH3 is 1. The first kappa shape index (κ1) is 42.9. The molecule has 1 aliphatic rings. The Balaban J connectivity index is 1.86. The maximum absolute atomic E-state index is 14.6. The van der Waals surface area contributed by atoms with Crippen LogP contribution in [-0.4, -0.2) is 96.5 Å². The molecule has 1 aliphatic heterocycles. The number of nitrogens with two attached hydrogens (primary N) is 1. The van der Waals surface area contributed by atoms with Crippen LogP contribution in [0.4, 0.5) is 5.69 Å². The first-order valence-electron chi connectivity index (χ1n) is 19.0. The topological polar surface area (TPSA) is 156 Å². The highest BCUT2D eigenvalue weighted by Crippen LogP contribution is 2.32. The molecule has 0 spiro atoms. The zero-order valence-corrected chi connectivity index (χ0v) is 33.3. The van der Waals surface area contributed by atoms with E-state index in [1.807, 2.05) is 32.7 Å². The minimum Gasteiger partial charge on any atom is -0.467 e. The van der Waals surface area contributed by atoms with Crippen LogP contribution in [-0.2, 0) is 30.3 Å². The molecule has 1 aromatic carbocycles. The zero-order chi connectivity index (χ0) is 38.4. The molecule has 0 bridgehead atoms. The van der Waals surface area contributed by atoms with Crippen LogP contribution < -0.4 is 16.4 Å². The fourth-order valence-corrected chi connectivity index (χ4v) is 7.53. The summed E-state index contributed by atoms with van der Waals surface area (Å²) in [6, 6.07) is 5.06. The zero-order valence-electron chi connectivity index (χ0n) is 32.5. The van der Waals surface area contributed by atoms with Gasteiger partial charge in [-0.1, -0.05) is 66.5 Å². The number of benzene rings is 1. The average molecular weight is 743 g/mol. The van der Waals surface area contributed by atoms with Crippen LogP contribution in [0.5, 0.6) is 0 Å². The molecular formula is C39H62N6O6S. The normalized spacial score (nSPS) is 17.8. The summed E-state index contributed by atoms with van der Waals surface area (Å²) < 4.78 is 11.4. The van der Waals surface area contributed by atoms with Crippen molar-refractivity contribution in [3.05, 3.63) is 45.9 Å². The van der Waals surface area contributed by atoms with Crippen LogP contribution in [0.15, 0.2) is 29.6 Å². The van der Waals surface area contributed by atoms with Gasteiger partial charge in [-0.2, -0.15) is 0 Å².